The zero-order valence-corrected chi connectivity index (χ0v) is 10.9. The molecule has 0 bridgehead atoms. The van der Waals surface area contributed by atoms with E-state index in [0.29, 0.717) is 18.9 Å². The Balaban J connectivity index is 1.65. The minimum absolute atomic E-state index is 0.287. The minimum atomic E-state index is 0.287. The van der Waals surface area contributed by atoms with Crippen LogP contribution < -0.4 is 0 Å². The van der Waals surface area contributed by atoms with E-state index in [1.165, 1.54) is 0 Å². The van der Waals surface area contributed by atoms with E-state index in [4.69, 9.17) is 4.74 Å². The Morgan fingerprint density at radius 2 is 2.11 bits per heavy atom. The van der Waals surface area contributed by atoms with Crippen LogP contribution in [0.15, 0.2) is 30.6 Å². The molecule has 1 aliphatic heterocycles. The molecule has 0 unspecified atom stereocenters. The van der Waals surface area contributed by atoms with E-state index >= 15 is 0 Å². The summed E-state index contributed by atoms with van der Waals surface area (Å²) in [7, 11) is 0. The molecule has 3 rings (SSSR count). The predicted octanol–water partition coefficient (Wildman–Crippen LogP) is 2.42. The summed E-state index contributed by atoms with van der Waals surface area (Å²) in [5, 5.41) is 0. The number of hydrogen-bond acceptors (Lipinski definition) is 3. The maximum absolute atomic E-state index is 12.1. The molecular weight excluding hydrogens is 240 g/mol. The van der Waals surface area contributed by atoms with Crippen LogP contribution in [0.2, 0.25) is 0 Å². The first-order valence-corrected chi connectivity index (χ1v) is 6.82. The van der Waals surface area contributed by atoms with Crippen LogP contribution in [0, 0.1) is 5.92 Å². The fraction of sp³-hybridized carbons (Fsp3) is 0.467. The van der Waals surface area contributed by atoms with Crippen molar-refractivity contribution in [3.63, 3.8) is 0 Å². The number of carbonyl (C=O) groups is 1. The van der Waals surface area contributed by atoms with Gasteiger partial charge in [0, 0.05) is 19.6 Å². The maximum atomic E-state index is 12.1. The quantitative estimate of drug-likeness (QED) is 0.846. The molecule has 1 saturated heterocycles. The molecule has 100 valence electrons. The van der Waals surface area contributed by atoms with Crippen molar-refractivity contribution in [2.45, 2.75) is 25.8 Å². The highest BCUT2D eigenvalue weighted by atomic mass is 16.5. The van der Waals surface area contributed by atoms with Crippen LogP contribution in [0.1, 0.15) is 19.3 Å². The molecule has 0 radical (unpaired) electrons. The number of rotatable bonds is 4. The van der Waals surface area contributed by atoms with Gasteiger partial charge in [0.15, 0.2) is 5.78 Å². The first-order chi connectivity index (χ1) is 9.33. The molecule has 0 aliphatic carbocycles. The molecule has 2 aromatic rings. The van der Waals surface area contributed by atoms with Crippen molar-refractivity contribution in [2.75, 3.05) is 13.2 Å². The Morgan fingerprint density at radius 1 is 1.32 bits per heavy atom. The average molecular weight is 258 g/mol. The van der Waals surface area contributed by atoms with Crippen molar-refractivity contribution in [3.8, 4) is 0 Å². The number of aromatic nitrogens is 2. The van der Waals surface area contributed by atoms with Crippen molar-refractivity contribution in [2.24, 2.45) is 5.92 Å². The normalized spacial score (nSPS) is 16.8. The van der Waals surface area contributed by atoms with Crippen molar-refractivity contribution < 1.29 is 9.53 Å². The van der Waals surface area contributed by atoms with Gasteiger partial charge in [-0.2, -0.15) is 0 Å². The first kappa shape index (κ1) is 12.4. The number of hydrogen-bond donors (Lipinski definition) is 0. The Kier molecular flexibility index (Phi) is 3.60. The number of para-hydroxylation sites is 2. The van der Waals surface area contributed by atoms with E-state index in [2.05, 4.69) is 4.98 Å². The zero-order valence-electron chi connectivity index (χ0n) is 10.9. The summed E-state index contributed by atoms with van der Waals surface area (Å²) in [6, 6.07) is 7.91. The third-order valence-corrected chi connectivity index (χ3v) is 3.73. The summed E-state index contributed by atoms with van der Waals surface area (Å²) in [6.07, 6.45) is 4.44. The molecule has 0 amide bonds. The molecule has 0 N–H and O–H groups in total. The highest BCUT2D eigenvalue weighted by Gasteiger charge is 2.17. The summed E-state index contributed by atoms with van der Waals surface area (Å²) < 4.78 is 7.26. The third-order valence-electron chi connectivity index (χ3n) is 3.73. The van der Waals surface area contributed by atoms with Gasteiger partial charge >= 0.3 is 0 Å². The Hall–Kier alpha value is -1.68. The van der Waals surface area contributed by atoms with Crippen molar-refractivity contribution >= 4 is 16.8 Å². The van der Waals surface area contributed by atoms with Crippen LogP contribution in [-0.4, -0.2) is 28.5 Å². The van der Waals surface area contributed by atoms with Gasteiger partial charge < -0.3 is 9.30 Å². The molecule has 4 heteroatoms. The Morgan fingerprint density at radius 3 is 2.95 bits per heavy atom. The van der Waals surface area contributed by atoms with Gasteiger partial charge in [0.25, 0.3) is 0 Å². The first-order valence-electron chi connectivity index (χ1n) is 6.82. The second-order valence-electron chi connectivity index (χ2n) is 5.16. The van der Waals surface area contributed by atoms with Crippen LogP contribution in [0.4, 0.5) is 0 Å². The monoisotopic (exact) mass is 258 g/mol. The largest absolute Gasteiger partial charge is 0.381 e. The van der Waals surface area contributed by atoms with E-state index in [1.54, 1.807) is 6.33 Å². The SMILES string of the molecule is O=C(CC1CCOCC1)Cn1cnc2ccccc21. The van der Waals surface area contributed by atoms with Gasteiger partial charge in [-0.25, -0.2) is 4.98 Å². The molecule has 4 nitrogen and oxygen atoms in total. The lowest BCUT2D eigenvalue weighted by atomic mass is 9.94. The zero-order chi connectivity index (χ0) is 13.1. The molecule has 19 heavy (non-hydrogen) atoms. The maximum Gasteiger partial charge on any atom is 0.152 e. The number of ether oxygens (including phenoxy) is 1. The second-order valence-corrected chi connectivity index (χ2v) is 5.16. The van der Waals surface area contributed by atoms with Gasteiger partial charge in [-0.15, -0.1) is 0 Å². The lowest BCUT2D eigenvalue weighted by molar-refractivity contribution is -0.121. The smallest absolute Gasteiger partial charge is 0.152 e. The fourth-order valence-electron chi connectivity index (χ4n) is 2.66. The molecule has 1 aromatic heterocycles. The lowest BCUT2D eigenvalue weighted by Crippen LogP contribution is -2.20. The van der Waals surface area contributed by atoms with Crippen LogP contribution in [0.3, 0.4) is 0 Å². The average Bonchev–Trinajstić information content (AvgIpc) is 2.83. The van der Waals surface area contributed by atoms with Crippen LogP contribution in [0.25, 0.3) is 11.0 Å². The number of fused-ring (bicyclic) bond motifs is 1. The molecule has 0 atom stereocenters. The molecule has 1 aromatic carbocycles. The van der Waals surface area contributed by atoms with Crippen LogP contribution in [-0.2, 0) is 16.1 Å². The van der Waals surface area contributed by atoms with Gasteiger partial charge in [0.1, 0.15) is 0 Å². The number of imidazole rings is 1. The highest BCUT2D eigenvalue weighted by molar-refractivity contribution is 5.82. The topological polar surface area (TPSA) is 44.1 Å². The van der Waals surface area contributed by atoms with E-state index < -0.39 is 0 Å². The summed E-state index contributed by atoms with van der Waals surface area (Å²) in [4.78, 5) is 16.4. The molecule has 0 spiro atoms. The third kappa shape index (κ3) is 2.84. The molecular formula is C15H18N2O2. The Bertz CT molecular complexity index is 570. The number of Topliss-reactive ketones (excluding diaryl/α,β-unsaturated/α-hetero) is 1. The van der Waals surface area contributed by atoms with Crippen LogP contribution >= 0.6 is 0 Å². The predicted molar refractivity (Wildman–Crippen MR) is 72.9 cm³/mol. The van der Waals surface area contributed by atoms with Gasteiger partial charge in [-0.3, -0.25) is 4.79 Å². The van der Waals surface area contributed by atoms with E-state index in [1.807, 2.05) is 28.8 Å². The van der Waals surface area contributed by atoms with Crippen molar-refractivity contribution in [1.82, 2.24) is 9.55 Å². The number of benzene rings is 1. The highest BCUT2D eigenvalue weighted by Crippen LogP contribution is 2.19. The standard InChI is InChI=1S/C15H18N2O2/c18-13(9-12-5-7-19-8-6-12)10-17-11-16-14-3-1-2-4-15(14)17/h1-4,11-12H,5-10H2. The van der Waals surface area contributed by atoms with Gasteiger partial charge in [-0.05, 0) is 30.9 Å². The van der Waals surface area contributed by atoms with E-state index in [-0.39, 0.29) is 5.78 Å². The van der Waals surface area contributed by atoms with Gasteiger partial charge in [0.2, 0.25) is 0 Å². The second kappa shape index (κ2) is 5.53. The Labute approximate surface area is 112 Å². The van der Waals surface area contributed by atoms with E-state index in [0.717, 1.165) is 37.1 Å². The molecule has 1 aliphatic rings. The van der Waals surface area contributed by atoms with E-state index in [9.17, 15) is 4.79 Å². The van der Waals surface area contributed by atoms with Gasteiger partial charge in [0.05, 0.1) is 23.9 Å². The van der Waals surface area contributed by atoms with Crippen molar-refractivity contribution in [1.29, 1.82) is 0 Å². The summed E-state index contributed by atoms with van der Waals surface area (Å²) in [5.41, 5.74) is 1.98. The minimum Gasteiger partial charge on any atom is -0.381 e. The van der Waals surface area contributed by atoms with Gasteiger partial charge in [-0.1, -0.05) is 12.1 Å². The number of carbonyl (C=O) groups excluding carboxylic acids is 1. The lowest BCUT2D eigenvalue weighted by Gasteiger charge is -2.21. The van der Waals surface area contributed by atoms with Crippen LogP contribution in [0.5, 0.6) is 0 Å². The van der Waals surface area contributed by atoms with Crippen molar-refractivity contribution in [3.05, 3.63) is 30.6 Å². The molecule has 2 heterocycles. The number of ketones is 1. The molecule has 1 fully saturated rings. The number of nitrogens with zero attached hydrogens (tertiary/aromatic N) is 2. The summed E-state index contributed by atoms with van der Waals surface area (Å²) >= 11 is 0. The summed E-state index contributed by atoms with van der Waals surface area (Å²) in [5.74, 6) is 0.783. The molecule has 0 saturated carbocycles. The summed E-state index contributed by atoms with van der Waals surface area (Å²) in [6.45, 7) is 2.02. The fourth-order valence-corrected chi connectivity index (χ4v) is 2.66.